The predicted octanol–water partition coefficient (Wildman–Crippen LogP) is 3.06. The summed E-state index contributed by atoms with van der Waals surface area (Å²) >= 11 is 5.26. The summed E-state index contributed by atoms with van der Waals surface area (Å²) in [6.45, 7) is -0.935. The molecule has 17 heavy (non-hydrogen) atoms. The summed E-state index contributed by atoms with van der Waals surface area (Å²) in [5.41, 5.74) is -1.72. The number of aliphatic hydroxyl groups is 1. The summed E-state index contributed by atoms with van der Waals surface area (Å²) in [5, 5.41) is 7.93. The Morgan fingerprint density at radius 1 is 1.41 bits per heavy atom. The summed E-state index contributed by atoms with van der Waals surface area (Å²) in [7, 11) is 0. The second-order valence-electron chi connectivity index (χ2n) is 2.82. The van der Waals surface area contributed by atoms with E-state index in [4.69, 9.17) is 16.7 Å². The SMILES string of the molecule is OCc1cnc(Cl)c(C(F)F)c1OC(F)(F)F. The van der Waals surface area contributed by atoms with Crippen LogP contribution in [0.25, 0.3) is 0 Å². The van der Waals surface area contributed by atoms with Gasteiger partial charge in [-0.25, -0.2) is 13.8 Å². The van der Waals surface area contributed by atoms with E-state index in [0.29, 0.717) is 0 Å². The monoisotopic (exact) mass is 277 g/mol. The van der Waals surface area contributed by atoms with Crippen molar-refractivity contribution >= 4 is 11.6 Å². The van der Waals surface area contributed by atoms with Crippen molar-refractivity contribution in [2.75, 3.05) is 0 Å². The molecule has 0 aliphatic rings. The minimum Gasteiger partial charge on any atom is -0.405 e. The number of nitrogens with zero attached hydrogens (tertiary/aromatic N) is 1. The van der Waals surface area contributed by atoms with E-state index < -0.39 is 41.4 Å². The molecule has 3 nitrogen and oxygen atoms in total. The minimum absolute atomic E-state index is 0.526. The van der Waals surface area contributed by atoms with E-state index in [-0.39, 0.29) is 0 Å². The van der Waals surface area contributed by atoms with Crippen LogP contribution in [0.5, 0.6) is 5.75 Å². The average molecular weight is 278 g/mol. The number of hydrogen-bond acceptors (Lipinski definition) is 3. The molecule has 96 valence electrons. The molecule has 1 aromatic heterocycles. The van der Waals surface area contributed by atoms with Crippen LogP contribution in [0.2, 0.25) is 5.15 Å². The number of hydrogen-bond donors (Lipinski definition) is 1. The Morgan fingerprint density at radius 2 is 2.00 bits per heavy atom. The van der Waals surface area contributed by atoms with Gasteiger partial charge in [-0.15, -0.1) is 13.2 Å². The van der Waals surface area contributed by atoms with Gasteiger partial charge in [0.15, 0.2) is 0 Å². The molecule has 0 spiro atoms. The molecule has 0 atom stereocenters. The quantitative estimate of drug-likeness (QED) is 0.682. The molecule has 1 rings (SSSR count). The van der Waals surface area contributed by atoms with Crippen LogP contribution in [-0.4, -0.2) is 16.5 Å². The van der Waals surface area contributed by atoms with Crippen molar-refractivity contribution in [1.82, 2.24) is 4.98 Å². The lowest BCUT2D eigenvalue weighted by molar-refractivity contribution is -0.275. The van der Waals surface area contributed by atoms with Gasteiger partial charge in [-0.05, 0) is 0 Å². The highest BCUT2D eigenvalue weighted by molar-refractivity contribution is 6.30. The van der Waals surface area contributed by atoms with Crippen molar-refractivity contribution in [1.29, 1.82) is 0 Å². The first-order valence-electron chi connectivity index (χ1n) is 4.08. The molecule has 0 bridgehead atoms. The molecule has 0 saturated heterocycles. The second kappa shape index (κ2) is 5.01. The Morgan fingerprint density at radius 3 is 2.41 bits per heavy atom. The summed E-state index contributed by atoms with van der Waals surface area (Å²) < 4.78 is 64.5. The van der Waals surface area contributed by atoms with Crippen LogP contribution in [-0.2, 0) is 6.61 Å². The molecule has 1 N–H and O–H groups in total. The van der Waals surface area contributed by atoms with Gasteiger partial charge in [0.25, 0.3) is 6.43 Å². The van der Waals surface area contributed by atoms with Crippen molar-refractivity contribution in [3.8, 4) is 5.75 Å². The molecular formula is C8H5ClF5NO2. The Kier molecular flexibility index (Phi) is 4.10. The minimum atomic E-state index is -5.17. The summed E-state index contributed by atoms with van der Waals surface area (Å²) in [6, 6.07) is 0. The highest BCUT2D eigenvalue weighted by Gasteiger charge is 2.35. The molecule has 0 radical (unpaired) electrons. The van der Waals surface area contributed by atoms with Crippen molar-refractivity contribution < 1.29 is 31.8 Å². The maximum Gasteiger partial charge on any atom is 0.573 e. The summed E-state index contributed by atoms with van der Waals surface area (Å²) in [5.74, 6) is -1.21. The fraction of sp³-hybridized carbons (Fsp3) is 0.375. The molecule has 0 aliphatic heterocycles. The fourth-order valence-electron chi connectivity index (χ4n) is 1.07. The lowest BCUT2D eigenvalue weighted by Crippen LogP contribution is -2.20. The van der Waals surface area contributed by atoms with E-state index in [1.54, 1.807) is 0 Å². The molecule has 0 aliphatic carbocycles. The van der Waals surface area contributed by atoms with E-state index in [1.807, 2.05) is 0 Å². The van der Waals surface area contributed by atoms with E-state index >= 15 is 0 Å². The van der Waals surface area contributed by atoms with Crippen LogP contribution in [0, 0.1) is 0 Å². The van der Waals surface area contributed by atoms with Crippen LogP contribution in [0.15, 0.2) is 6.20 Å². The van der Waals surface area contributed by atoms with Gasteiger partial charge < -0.3 is 9.84 Å². The number of pyridine rings is 1. The maximum absolute atomic E-state index is 12.5. The van der Waals surface area contributed by atoms with Gasteiger partial charge >= 0.3 is 6.36 Å². The van der Waals surface area contributed by atoms with Gasteiger partial charge in [0.1, 0.15) is 10.9 Å². The number of halogens is 6. The van der Waals surface area contributed by atoms with Gasteiger partial charge in [0.05, 0.1) is 12.2 Å². The zero-order valence-electron chi connectivity index (χ0n) is 7.93. The molecule has 1 aromatic rings. The highest BCUT2D eigenvalue weighted by Crippen LogP contribution is 2.39. The number of rotatable bonds is 3. The summed E-state index contributed by atoms with van der Waals surface area (Å²) in [4.78, 5) is 3.24. The molecular weight excluding hydrogens is 273 g/mol. The standard InChI is InChI=1S/C8H5ClF5NO2/c9-6-4(7(10)11)5(17-8(12,13)14)3(2-16)1-15-6/h1,7,16H,2H2. The third-order valence-electron chi connectivity index (χ3n) is 1.70. The highest BCUT2D eigenvalue weighted by atomic mass is 35.5. The van der Waals surface area contributed by atoms with Crippen LogP contribution in [0.4, 0.5) is 22.0 Å². The summed E-state index contributed by atoms with van der Waals surface area (Å²) in [6.07, 6.45) is -7.74. The zero-order valence-corrected chi connectivity index (χ0v) is 8.69. The smallest absolute Gasteiger partial charge is 0.405 e. The molecule has 9 heteroatoms. The predicted molar refractivity (Wildman–Crippen MR) is 46.8 cm³/mol. The largest absolute Gasteiger partial charge is 0.573 e. The van der Waals surface area contributed by atoms with Crippen LogP contribution in [0.3, 0.4) is 0 Å². The van der Waals surface area contributed by atoms with Gasteiger partial charge in [0, 0.05) is 11.8 Å². The van der Waals surface area contributed by atoms with Crippen molar-refractivity contribution in [3.05, 3.63) is 22.5 Å². The molecule has 0 aromatic carbocycles. The van der Waals surface area contributed by atoms with Crippen molar-refractivity contribution in [2.45, 2.75) is 19.4 Å². The second-order valence-corrected chi connectivity index (χ2v) is 3.18. The lowest BCUT2D eigenvalue weighted by Gasteiger charge is -2.16. The number of ether oxygens (including phenoxy) is 1. The van der Waals surface area contributed by atoms with Crippen molar-refractivity contribution in [2.24, 2.45) is 0 Å². The van der Waals surface area contributed by atoms with Crippen LogP contribution in [0.1, 0.15) is 17.6 Å². The van der Waals surface area contributed by atoms with E-state index in [9.17, 15) is 22.0 Å². The molecule has 0 unspecified atom stereocenters. The third kappa shape index (κ3) is 3.40. The van der Waals surface area contributed by atoms with E-state index in [1.165, 1.54) is 0 Å². The number of aliphatic hydroxyl groups excluding tert-OH is 1. The first kappa shape index (κ1) is 13.9. The van der Waals surface area contributed by atoms with Crippen molar-refractivity contribution in [3.63, 3.8) is 0 Å². The van der Waals surface area contributed by atoms with E-state index in [0.717, 1.165) is 6.20 Å². The van der Waals surface area contributed by atoms with Gasteiger partial charge in [-0.3, -0.25) is 0 Å². The topological polar surface area (TPSA) is 42.4 Å². The fourth-order valence-corrected chi connectivity index (χ4v) is 1.28. The van der Waals surface area contributed by atoms with Gasteiger partial charge in [-0.1, -0.05) is 11.6 Å². The molecule has 0 saturated carbocycles. The molecule has 0 amide bonds. The Hall–Kier alpha value is -1.15. The van der Waals surface area contributed by atoms with Crippen LogP contribution >= 0.6 is 11.6 Å². The van der Waals surface area contributed by atoms with E-state index in [2.05, 4.69) is 9.72 Å². The molecule has 1 heterocycles. The first-order valence-corrected chi connectivity index (χ1v) is 4.46. The molecule has 0 fully saturated rings. The zero-order chi connectivity index (χ0) is 13.2. The Balaban J connectivity index is 3.35. The van der Waals surface area contributed by atoms with Gasteiger partial charge in [0.2, 0.25) is 0 Å². The average Bonchev–Trinajstić information content (AvgIpc) is 2.15. The number of aromatic nitrogens is 1. The van der Waals surface area contributed by atoms with Crippen LogP contribution < -0.4 is 4.74 Å². The Bertz CT molecular complexity index is 410. The Labute approximate surface area is 96.8 Å². The van der Waals surface area contributed by atoms with Gasteiger partial charge in [-0.2, -0.15) is 0 Å². The first-order chi connectivity index (χ1) is 7.76. The third-order valence-corrected chi connectivity index (χ3v) is 2.00. The maximum atomic E-state index is 12.5. The lowest BCUT2D eigenvalue weighted by atomic mass is 10.2. The normalized spacial score (nSPS) is 12.0. The number of alkyl halides is 5.